The molecule has 24 heavy (non-hydrogen) atoms. The minimum absolute atomic E-state index is 0.234. The molecular weight excluding hydrogens is 306 g/mol. The van der Waals surface area contributed by atoms with Crippen LogP contribution in [0, 0.1) is 0 Å². The Morgan fingerprint density at radius 1 is 1.17 bits per heavy atom. The molecule has 6 heteroatoms. The van der Waals surface area contributed by atoms with E-state index in [9.17, 15) is 9.59 Å². The second-order valence-electron chi connectivity index (χ2n) is 5.71. The van der Waals surface area contributed by atoms with E-state index in [4.69, 9.17) is 4.74 Å². The summed E-state index contributed by atoms with van der Waals surface area (Å²) in [5.74, 6) is 0.293. The molecule has 1 aromatic heterocycles. The summed E-state index contributed by atoms with van der Waals surface area (Å²) in [5, 5.41) is 5.69. The highest BCUT2D eigenvalue weighted by molar-refractivity contribution is 5.98. The molecule has 6 nitrogen and oxygen atoms in total. The topological polar surface area (TPSA) is 80.3 Å². The number of ether oxygens (including phenoxy) is 1. The molecular formula is C18H19N3O3. The summed E-state index contributed by atoms with van der Waals surface area (Å²) in [6.07, 6.45) is 3.49. The second kappa shape index (κ2) is 7.12. The first-order valence-electron chi connectivity index (χ1n) is 7.84. The largest absolute Gasteiger partial charge is 0.497 e. The second-order valence-corrected chi connectivity index (χ2v) is 5.71. The number of nitrogens with one attached hydrogen (secondary N) is 2. The molecule has 0 spiro atoms. The summed E-state index contributed by atoms with van der Waals surface area (Å²) >= 11 is 0. The zero-order valence-electron chi connectivity index (χ0n) is 13.4. The van der Waals surface area contributed by atoms with Crippen molar-refractivity contribution in [1.82, 2.24) is 15.6 Å². The van der Waals surface area contributed by atoms with Gasteiger partial charge in [-0.05, 0) is 42.7 Å². The van der Waals surface area contributed by atoms with E-state index in [0.29, 0.717) is 12.1 Å². The van der Waals surface area contributed by atoms with E-state index in [1.165, 1.54) is 12.3 Å². The van der Waals surface area contributed by atoms with Crippen LogP contribution in [0.1, 0.15) is 39.3 Å². The number of rotatable bonds is 6. The van der Waals surface area contributed by atoms with Crippen molar-refractivity contribution < 1.29 is 14.3 Å². The van der Waals surface area contributed by atoms with Crippen molar-refractivity contribution in [2.24, 2.45) is 0 Å². The van der Waals surface area contributed by atoms with Gasteiger partial charge >= 0.3 is 0 Å². The van der Waals surface area contributed by atoms with Gasteiger partial charge in [0.1, 0.15) is 11.4 Å². The van der Waals surface area contributed by atoms with Crippen LogP contribution < -0.4 is 15.4 Å². The zero-order chi connectivity index (χ0) is 16.9. The molecule has 0 atom stereocenters. The molecule has 2 N–H and O–H groups in total. The van der Waals surface area contributed by atoms with Crippen LogP contribution >= 0.6 is 0 Å². The predicted molar refractivity (Wildman–Crippen MR) is 88.9 cm³/mol. The fraction of sp³-hybridized carbons (Fsp3) is 0.278. The third-order valence-electron chi connectivity index (χ3n) is 3.78. The Morgan fingerprint density at radius 2 is 1.92 bits per heavy atom. The molecule has 2 amide bonds. The normalized spacial score (nSPS) is 13.2. The molecule has 1 fully saturated rings. The molecule has 0 radical (unpaired) electrons. The number of amides is 2. The highest BCUT2D eigenvalue weighted by atomic mass is 16.5. The van der Waals surface area contributed by atoms with Crippen molar-refractivity contribution in [2.45, 2.75) is 25.4 Å². The Hall–Kier alpha value is -2.89. The van der Waals surface area contributed by atoms with E-state index in [-0.39, 0.29) is 23.6 Å². The Bertz CT molecular complexity index is 739. The van der Waals surface area contributed by atoms with Gasteiger partial charge in [-0.25, -0.2) is 0 Å². The number of carbonyl (C=O) groups is 2. The zero-order valence-corrected chi connectivity index (χ0v) is 13.4. The van der Waals surface area contributed by atoms with Gasteiger partial charge in [-0.3, -0.25) is 14.6 Å². The van der Waals surface area contributed by atoms with E-state index < -0.39 is 0 Å². The molecule has 1 aliphatic carbocycles. The Balaban J connectivity index is 1.60. The highest BCUT2D eigenvalue weighted by Crippen LogP contribution is 2.19. The first-order chi connectivity index (χ1) is 11.7. The average molecular weight is 325 g/mol. The van der Waals surface area contributed by atoms with E-state index in [2.05, 4.69) is 15.6 Å². The lowest BCUT2D eigenvalue weighted by Crippen LogP contribution is -2.27. The van der Waals surface area contributed by atoms with Crippen molar-refractivity contribution in [3.63, 3.8) is 0 Å². The molecule has 0 bridgehead atoms. The van der Waals surface area contributed by atoms with Crippen LogP contribution in [0.5, 0.6) is 5.75 Å². The first-order valence-corrected chi connectivity index (χ1v) is 7.84. The van der Waals surface area contributed by atoms with Crippen LogP contribution in [0.15, 0.2) is 42.6 Å². The standard InChI is InChI=1S/C18H19N3O3/c1-24-15-6-2-12(3-7-15)11-20-17(22)13-8-9-19-16(10-13)18(23)21-14-4-5-14/h2-3,6-10,14H,4-5,11H2,1H3,(H,20,22)(H,21,23). The van der Waals surface area contributed by atoms with Crippen LogP contribution in [0.4, 0.5) is 0 Å². The third-order valence-corrected chi connectivity index (χ3v) is 3.78. The van der Waals surface area contributed by atoms with Crippen molar-refractivity contribution in [3.8, 4) is 5.75 Å². The van der Waals surface area contributed by atoms with Crippen molar-refractivity contribution in [1.29, 1.82) is 0 Å². The number of aromatic nitrogens is 1. The van der Waals surface area contributed by atoms with Gasteiger partial charge in [0.05, 0.1) is 7.11 Å². The Morgan fingerprint density at radius 3 is 2.58 bits per heavy atom. The fourth-order valence-electron chi connectivity index (χ4n) is 2.21. The van der Waals surface area contributed by atoms with Crippen molar-refractivity contribution in [2.75, 3.05) is 7.11 Å². The minimum Gasteiger partial charge on any atom is -0.497 e. The fourth-order valence-corrected chi connectivity index (χ4v) is 2.21. The van der Waals surface area contributed by atoms with E-state index in [0.717, 1.165) is 24.2 Å². The van der Waals surface area contributed by atoms with E-state index in [1.807, 2.05) is 24.3 Å². The summed E-state index contributed by atoms with van der Waals surface area (Å²) in [6.45, 7) is 0.398. The number of hydrogen-bond donors (Lipinski definition) is 2. The number of hydrogen-bond acceptors (Lipinski definition) is 4. The van der Waals surface area contributed by atoms with Gasteiger partial charge in [0.2, 0.25) is 0 Å². The van der Waals surface area contributed by atoms with Gasteiger partial charge < -0.3 is 15.4 Å². The molecule has 0 unspecified atom stereocenters. The number of pyridine rings is 1. The smallest absolute Gasteiger partial charge is 0.270 e. The number of benzene rings is 1. The molecule has 2 aromatic rings. The molecule has 0 aliphatic heterocycles. The Labute approximate surface area is 140 Å². The lowest BCUT2D eigenvalue weighted by Gasteiger charge is -2.08. The quantitative estimate of drug-likeness (QED) is 0.850. The molecule has 1 aromatic carbocycles. The van der Waals surface area contributed by atoms with E-state index in [1.54, 1.807) is 13.2 Å². The van der Waals surface area contributed by atoms with Crippen LogP contribution in [0.25, 0.3) is 0 Å². The summed E-state index contributed by atoms with van der Waals surface area (Å²) in [5.41, 5.74) is 1.64. The maximum atomic E-state index is 12.3. The summed E-state index contributed by atoms with van der Waals surface area (Å²) in [7, 11) is 1.61. The number of methoxy groups -OCH3 is 1. The monoisotopic (exact) mass is 325 g/mol. The van der Waals surface area contributed by atoms with Crippen LogP contribution in [-0.4, -0.2) is 29.9 Å². The van der Waals surface area contributed by atoms with Crippen LogP contribution in [0.2, 0.25) is 0 Å². The number of carbonyl (C=O) groups excluding carboxylic acids is 2. The molecule has 124 valence electrons. The van der Waals surface area contributed by atoms with Gasteiger partial charge in [-0.15, -0.1) is 0 Å². The predicted octanol–water partition coefficient (Wildman–Crippen LogP) is 1.91. The van der Waals surface area contributed by atoms with E-state index >= 15 is 0 Å². The molecule has 0 saturated heterocycles. The maximum Gasteiger partial charge on any atom is 0.270 e. The van der Waals surface area contributed by atoms with Gasteiger partial charge in [0.25, 0.3) is 11.8 Å². The van der Waals surface area contributed by atoms with Gasteiger partial charge in [-0.2, -0.15) is 0 Å². The summed E-state index contributed by atoms with van der Waals surface area (Å²) in [6, 6.07) is 10.8. The third kappa shape index (κ3) is 4.10. The first kappa shape index (κ1) is 16.0. The van der Waals surface area contributed by atoms with Crippen molar-refractivity contribution in [3.05, 3.63) is 59.4 Å². The molecule has 3 rings (SSSR count). The van der Waals surface area contributed by atoms with Gasteiger partial charge in [0, 0.05) is 24.3 Å². The summed E-state index contributed by atoms with van der Waals surface area (Å²) in [4.78, 5) is 28.3. The SMILES string of the molecule is COc1ccc(CNC(=O)c2ccnc(C(=O)NC3CC3)c2)cc1. The van der Waals surface area contributed by atoms with Gasteiger partial charge in [-0.1, -0.05) is 12.1 Å². The number of nitrogens with zero attached hydrogens (tertiary/aromatic N) is 1. The molecule has 1 heterocycles. The lowest BCUT2D eigenvalue weighted by atomic mass is 10.2. The highest BCUT2D eigenvalue weighted by Gasteiger charge is 2.24. The average Bonchev–Trinajstić information content (AvgIpc) is 3.44. The minimum atomic E-state index is -0.242. The Kier molecular flexibility index (Phi) is 4.74. The maximum absolute atomic E-state index is 12.3. The van der Waals surface area contributed by atoms with Crippen molar-refractivity contribution >= 4 is 11.8 Å². The summed E-state index contributed by atoms with van der Waals surface area (Å²) < 4.78 is 5.10. The van der Waals surface area contributed by atoms with Gasteiger partial charge in [0.15, 0.2) is 0 Å². The van der Waals surface area contributed by atoms with Crippen LogP contribution in [0.3, 0.4) is 0 Å². The molecule has 1 saturated carbocycles. The molecule has 1 aliphatic rings. The van der Waals surface area contributed by atoms with Crippen LogP contribution in [-0.2, 0) is 6.54 Å². The lowest BCUT2D eigenvalue weighted by molar-refractivity contribution is 0.0946.